The summed E-state index contributed by atoms with van der Waals surface area (Å²) < 4.78 is 24.9. The normalized spacial score (nSPS) is 19.3. The summed E-state index contributed by atoms with van der Waals surface area (Å²) in [6, 6.07) is -0.232. The molecule has 1 atom stereocenters. The van der Waals surface area contributed by atoms with Gasteiger partial charge in [0.1, 0.15) is 5.57 Å². The topological polar surface area (TPSA) is 121 Å². The molecule has 36 heavy (non-hydrogen) atoms. The van der Waals surface area contributed by atoms with Crippen LogP contribution in [0.4, 0.5) is 9.93 Å². The van der Waals surface area contributed by atoms with Gasteiger partial charge in [0.25, 0.3) is 11.8 Å². The van der Waals surface area contributed by atoms with E-state index < -0.39 is 28.0 Å². The molecule has 3 rings (SSSR count). The fourth-order valence-electron chi connectivity index (χ4n) is 4.08. The minimum atomic E-state index is -2.19. The molecular weight excluding hydrogens is 526 g/mol. The van der Waals surface area contributed by atoms with E-state index in [4.69, 9.17) is 21.7 Å². The number of anilines is 1. The summed E-state index contributed by atoms with van der Waals surface area (Å²) in [6.45, 7) is 2.15. The minimum absolute atomic E-state index is 0.217. The van der Waals surface area contributed by atoms with Crippen molar-refractivity contribution in [3.63, 3.8) is 0 Å². The van der Waals surface area contributed by atoms with Crippen molar-refractivity contribution in [2.45, 2.75) is 38.1 Å². The number of nitrogens with one attached hydrogen (secondary N) is 1. The van der Waals surface area contributed by atoms with Gasteiger partial charge in [0.2, 0.25) is 0 Å². The summed E-state index contributed by atoms with van der Waals surface area (Å²) in [5.74, 6) is -1.45. The monoisotopic (exact) mass is 557 g/mol. The van der Waals surface area contributed by atoms with E-state index in [1.54, 1.807) is 20.4 Å². The van der Waals surface area contributed by atoms with Crippen molar-refractivity contribution in [2.24, 2.45) is 0 Å². The highest BCUT2D eigenvalue weighted by atomic mass is 32.2. The predicted molar refractivity (Wildman–Crippen MR) is 142 cm³/mol. The average molecular weight is 558 g/mol. The average Bonchev–Trinajstić information content (AvgIpc) is 3.35. The van der Waals surface area contributed by atoms with E-state index >= 15 is 0 Å². The number of hydrogen-bond donors (Lipinski definition) is 1. The summed E-state index contributed by atoms with van der Waals surface area (Å²) in [4.78, 5) is 48.7. The van der Waals surface area contributed by atoms with Crippen molar-refractivity contribution in [2.75, 3.05) is 52.5 Å². The molecule has 0 spiro atoms. The van der Waals surface area contributed by atoms with E-state index in [2.05, 4.69) is 9.71 Å². The molecule has 1 unspecified atom stereocenters. The lowest BCUT2D eigenvalue weighted by Gasteiger charge is -2.40. The van der Waals surface area contributed by atoms with Gasteiger partial charge in [-0.05, 0) is 38.2 Å². The predicted octanol–water partition coefficient (Wildman–Crippen LogP) is 1.92. The smallest absolute Gasteiger partial charge is 0.340 e. The Labute approximate surface area is 222 Å². The molecule has 14 heteroatoms. The molecule has 1 saturated heterocycles. The van der Waals surface area contributed by atoms with Gasteiger partial charge in [-0.1, -0.05) is 30.6 Å². The van der Waals surface area contributed by atoms with Crippen LogP contribution in [0.2, 0.25) is 0 Å². The van der Waals surface area contributed by atoms with Crippen molar-refractivity contribution in [1.29, 1.82) is 0 Å². The molecule has 11 nitrogen and oxygen atoms in total. The Morgan fingerprint density at radius 3 is 2.44 bits per heavy atom. The van der Waals surface area contributed by atoms with E-state index in [0.717, 1.165) is 19.3 Å². The quantitative estimate of drug-likeness (QED) is 0.261. The van der Waals surface area contributed by atoms with Gasteiger partial charge in [-0.15, -0.1) is 0 Å². The fourth-order valence-corrected chi connectivity index (χ4v) is 5.95. The van der Waals surface area contributed by atoms with Gasteiger partial charge in [-0.3, -0.25) is 19.3 Å². The molecular formula is C22H31N5O6S3. The molecule has 0 bridgehead atoms. The van der Waals surface area contributed by atoms with E-state index in [9.17, 15) is 18.6 Å². The Hall–Kier alpha value is -2.10. The van der Waals surface area contributed by atoms with Crippen LogP contribution in [-0.4, -0.2) is 94.8 Å². The Kier molecular flexibility index (Phi) is 10.6. The van der Waals surface area contributed by atoms with Crippen LogP contribution >= 0.6 is 23.6 Å². The van der Waals surface area contributed by atoms with Gasteiger partial charge >= 0.3 is 5.24 Å². The summed E-state index contributed by atoms with van der Waals surface area (Å²) in [5.41, 5.74) is -0.217. The SMILES string of the molecule is CNS(=O)C(=O)N1C(=O)C(=Cc2cnc(N(CCOC)CCOC)s2)C(=O)N(C2CCCCC2)C1=S. The lowest BCUT2D eigenvalue weighted by atomic mass is 9.93. The maximum absolute atomic E-state index is 13.5. The number of hydrogen-bond acceptors (Lipinski definition) is 10. The molecule has 0 aromatic carbocycles. The number of thiocarbonyl (C=S) groups is 1. The number of ether oxygens (including phenoxy) is 2. The molecule has 1 aromatic heterocycles. The van der Waals surface area contributed by atoms with E-state index in [1.165, 1.54) is 29.4 Å². The molecule has 2 aliphatic rings. The molecule has 1 saturated carbocycles. The summed E-state index contributed by atoms with van der Waals surface area (Å²) >= 11 is 6.72. The zero-order valence-corrected chi connectivity index (χ0v) is 23.0. The second-order valence-electron chi connectivity index (χ2n) is 8.20. The number of carbonyl (C=O) groups is 3. The van der Waals surface area contributed by atoms with Crippen LogP contribution in [0.5, 0.6) is 0 Å². The van der Waals surface area contributed by atoms with Gasteiger partial charge in [-0.25, -0.2) is 18.8 Å². The maximum Gasteiger partial charge on any atom is 0.340 e. The molecule has 0 radical (unpaired) electrons. The molecule has 1 aliphatic heterocycles. The molecule has 2 heterocycles. The van der Waals surface area contributed by atoms with Crippen LogP contribution in [0.3, 0.4) is 0 Å². The number of aromatic nitrogens is 1. The van der Waals surface area contributed by atoms with Crippen LogP contribution in [0.15, 0.2) is 11.8 Å². The zero-order chi connectivity index (χ0) is 26.2. The standard InChI is InChI=1S/C22H31N5O6S3/c1-23-36(31)22(30)27-19(29)17(18(28)26(21(27)34)15-7-5-4-6-8-15)13-16-14-24-20(35-16)25(9-11-32-2)10-12-33-3/h13-15,23H,4-12H2,1-3H3. The summed E-state index contributed by atoms with van der Waals surface area (Å²) in [5, 5.41) is -0.560. The van der Waals surface area contributed by atoms with Crippen molar-refractivity contribution >= 4 is 67.9 Å². The van der Waals surface area contributed by atoms with Gasteiger partial charge in [0.15, 0.2) is 21.2 Å². The van der Waals surface area contributed by atoms with Gasteiger partial charge < -0.3 is 14.4 Å². The highest BCUT2D eigenvalue weighted by molar-refractivity contribution is 7.98. The first-order valence-corrected chi connectivity index (χ1v) is 14.0. The van der Waals surface area contributed by atoms with Gasteiger partial charge in [0, 0.05) is 39.5 Å². The number of thiazole rings is 1. The van der Waals surface area contributed by atoms with Crippen LogP contribution in [0.25, 0.3) is 6.08 Å². The first-order valence-electron chi connectivity index (χ1n) is 11.6. The van der Waals surface area contributed by atoms with Crippen LogP contribution in [0.1, 0.15) is 37.0 Å². The third-order valence-corrected chi connectivity index (χ3v) is 8.20. The molecule has 3 amide bonds. The van der Waals surface area contributed by atoms with E-state index in [0.29, 0.717) is 54.1 Å². The lowest BCUT2D eigenvalue weighted by Crippen LogP contribution is -2.61. The van der Waals surface area contributed by atoms with Crippen molar-refractivity contribution in [3.05, 3.63) is 16.6 Å². The van der Waals surface area contributed by atoms with Crippen molar-refractivity contribution in [3.8, 4) is 0 Å². The lowest BCUT2D eigenvalue weighted by molar-refractivity contribution is -0.133. The molecule has 1 N–H and O–H groups in total. The highest BCUT2D eigenvalue weighted by Gasteiger charge is 2.46. The molecule has 1 aliphatic carbocycles. The molecule has 2 fully saturated rings. The maximum atomic E-state index is 13.5. The Bertz CT molecular complexity index is 1030. The third-order valence-electron chi connectivity index (χ3n) is 5.95. The second-order valence-corrected chi connectivity index (χ2v) is 10.9. The Morgan fingerprint density at radius 1 is 1.22 bits per heavy atom. The van der Waals surface area contributed by atoms with E-state index in [-0.39, 0.29) is 16.7 Å². The Balaban J connectivity index is 1.97. The summed E-state index contributed by atoms with van der Waals surface area (Å²) in [7, 11) is 2.38. The van der Waals surface area contributed by atoms with Crippen LogP contribution < -0.4 is 9.62 Å². The highest BCUT2D eigenvalue weighted by Crippen LogP contribution is 2.31. The third kappa shape index (κ3) is 6.42. The largest absolute Gasteiger partial charge is 0.383 e. The number of amides is 3. The Morgan fingerprint density at radius 2 is 1.86 bits per heavy atom. The molecule has 1 aromatic rings. The number of nitrogens with zero attached hydrogens (tertiary/aromatic N) is 4. The van der Waals surface area contributed by atoms with Crippen LogP contribution in [-0.2, 0) is 30.0 Å². The summed E-state index contributed by atoms with van der Waals surface area (Å²) in [6.07, 6.45) is 7.29. The van der Waals surface area contributed by atoms with Crippen molar-refractivity contribution in [1.82, 2.24) is 19.5 Å². The second kappa shape index (κ2) is 13.4. The number of rotatable bonds is 10. The minimum Gasteiger partial charge on any atom is -0.383 e. The van der Waals surface area contributed by atoms with Gasteiger partial charge in [-0.2, -0.15) is 0 Å². The van der Waals surface area contributed by atoms with Crippen molar-refractivity contribution < 1.29 is 28.1 Å². The first kappa shape index (κ1) is 28.5. The zero-order valence-electron chi connectivity index (χ0n) is 20.6. The number of methoxy groups -OCH3 is 2. The number of carbonyl (C=O) groups excluding carboxylic acids is 3. The number of imide groups is 1. The van der Waals surface area contributed by atoms with Gasteiger partial charge in [0.05, 0.1) is 18.1 Å². The first-order chi connectivity index (χ1) is 17.3. The van der Waals surface area contributed by atoms with Crippen LogP contribution in [0, 0.1) is 0 Å². The molecule has 198 valence electrons. The fraction of sp³-hybridized carbons (Fsp3) is 0.591. The van der Waals surface area contributed by atoms with E-state index in [1.807, 2.05) is 4.90 Å².